The van der Waals surface area contributed by atoms with Gasteiger partial charge in [0, 0.05) is 17.8 Å². The molecule has 0 spiro atoms. The first-order valence-electron chi connectivity index (χ1n) is 6.54. The van der Waals surface area contributed by atoms with Gasteiger partial charge in [-0.3, -0.25) is 14.9 Å². The predicted molar refractivity (Wildman–Crippen MR) is 78.0 cm³/mol. The number of anilines is 1. The molecule has 0 aliphatic carbocycles. The van der Waals surface area contributed by atoms with Crippen molar-refractivity contribution in [3.63, 3.8) is 0 Å². The van der Waals surface area contributed by atoms with Crippen LogP contribution >= 0.6 is 0 Å². The van der Waals surface area contributed by atoms with Crippen molar-refractivity contribution < 1.29 is 19.2 Å². The third-order valence-corrected chi connectivity index (χ3v) is 3.14. The fourth-order valence-corrected chi connectivity index (χ4v) is 2.14. The van der Waals surface area contributed by atoms with Crippen molar-refractivity contribution in [3.05, 3.63) is 58.1 Å². The maximum Gasteiger partial charge on any atom is 0.271 e. The second-order valence-corrected chi connectivity index (χ2v) is 4.72. The molecule has 3 rings (SSSR count). The molecular weight excluding hydrogens is 288 g/mol. The van der Waals surface area contributed by atoms with E-state index >= 15 is 0 Å². The Balaban J connectivity index is 1.67. The Hall–Kier alpha value is -3.09. The standard InChI is InChI=1S/C15H12N2O5/c18-15(16-11-2-1-3-12(8-11)17(19)20)7-10-4-5-13-14(6-10)22-9-21-13/h1-6,8H,7,9H2,(H,16,18). The minimum Gasteiger partial charge on any atom is -0.454 e. The first-order valence-corrected chi connectivity index (χ1v) is 6.54. The van der Waals surface area contributed by atoms with E-state index in [1.165, 1.54) is 18.2 Å². The van der Waals surface area contributed by atoms with Crippen LogP contribution in [0.3, 0.4) is 0 Å². The smallest absolute Gasteiger partial charge is 0.271 e. The van der Waals surface area contributed by atoms with E-state index in [9.17, 15) is 14.9 Å². The Morgan fingerprint density at radius 3 is 2.82 bits per heavy atom. The van der Waals surface area contributed by atoms with Crippen molar-refractivity contribution in [1.29, 1.82) is 0 Å². The molecule has 0 bridgehead atoms. The second kappa shape index (κ2) is 5.72. The van der Waals surface area contributed by atoms with E-state index < -0.39 is 4.92 Å². The molecule has 1 aliphatic rings. The number of nitro groups is 1. The number of fused-ring (bicyclic) bond motifs is 1. The number of ether oxygens (including phenoxy) is 2. The number of amides is 1. The molecule has 0 aromatic heterocycles. The number of nitro benzene ring substituents is 1. The van der Waals surface area contributed by atoms with Crippen LogP contribution in [0, 0.1) is 10.1 Å². The Bertz CT molecular complexity index is 744. The van der Waals surface area contributed by atoms with Crippen LogP contribution in [0.5, 0.6) is 11.5 Å². The summed E-state index contributed by atoms with van der Waals surface area (Å²) in [5.74, 6) is 1.00. The van der Waals surface area contributed by atoms with Gasteiger partial charge in [-0.1, -0.05) is 12.1 Å². The van der Waals surface area contributed by atoms with Gasteiger partial charge in [0.1, 0.15) is 0 Å². The van der Waals surface area contributed by atoms with Gasteiger partial charge in [-0.05, 0) is 23.8 Å². The Morgan fingerprint density at radius 2 is 2.00 bits per heavy atom. The summed E-state index contributed by atoms with van der Waals surface area (Å²) >= 11 is 0. The molecule has 0 atom stereocenters. The Morgan fingerprint density at radius 1 is 1.18 bits per heavy atom. The predicted octanol–water partition coefficient (Wildman–Crippen LogP) is 2.50. The third kappa shape index (κ3) is 2.98. The number of carbonyl (C=O) groups is 1. The average Bonchev–Trinajstić information content (AvgIpc) is 2.95. The Labute approximate surface area is 125 Å². The Kier molecular flexibility index (Phi) is 3.61. The van der Waals surface area contributed by atoms with Crippen molar-refractivity contribution >= 4 is 17.3 Å². The molecule has 0 unspecified atom stereocenters. The van der Waals surface area contributed by atoms with Crippen molar-refractivity contribution in [2.24, 2.45) is 0 Å². The number of hydrogen-bond donors (Lipinski definition) is 1. The van der Waals surface area contributed by atoms with E-state index in [2.05, 4.69) is 5.32 Å². The first-order chi connectivity index (χ1) is 10.6. The van der Waals surface area contributed by atoms with Gasteiger partial charge < -0.3 is 14.8 Å². The summed E-state index contributed by atoms with van der Waals surface area (Å²) in [6.45, 7) is 0.179. The molecular formula is C15H12N2O5. The minimum absolute atomic E-state index is 0.0686. The highest BCUT2D eigenvalue weighted by Crippen LogP contribution is 2.32. The van der Waals surface area contributed by atoms with Gasteiger partial charge in [-0.2, -0.15) is 0 Å². The zero-order valence-electron chi connectivity index (χ0n) is 11.4. The average molecular weight is 300 g/mol. The summed E-state index contributed by atoms with van der Waals surface area (Å²) in [4.78, 5) is 22.2. The van der Waals surface area contributed by atoms with E-state index in [1.807, 2.05) is 0 Å². The maximum absolute atomic E-state index is 12.0. The maximum atomic E-state index is 12.0. The van der Waals surface area contributed by atoms with Gasteiger partial charge in [0.2, 0.25) is 12.7 Å². The van der Waals surface area contributed by atoms with Crippen LogP contribution in [0.1, 0.15) is 5.56 Å². The van der Waals surface area contributed by atoms with Crippen molar-refractivity contribution in [2.75, 3.05) is 12.1 Å². The van der Waals surface area contributed by atoms with E-state index in [0.29, 0.717) is 17.2 Å². The number of nitrogens with zero attached hydrogens (tertiary/aromatic N) is 1. The summed E-state index contributed by atoms with van der Waals surface area (Å²) < 4.78 is 10.5. The number of hydrogen-bond acceptors (Lipinski definition) is 5. The molecule has 1 amide bonds. The van der Waals surface area contributed by atoms with Crippen molar-refractivity contribution in [3.8, 4) is 11.5 Å². The van der Waals surface area contributed by atoms with E-state index in [4.69, 9.17) is 9.47 Å². The molecule has 0 saturated heterocycles. The molecule has 7 nitrogen and oxygen atoms in total. The fourth-order valence-electron chi connectivity index (χ4n) is 2.14. The zero-order valence-corrected chi connectivity index (χ0v) is 11.4. The van der Waals surface area contributed by atoms with Crippen LogP contribution in [-0.2, 0) is 11.2 Å². The van der Waals surface area contributed by atoms with Gasteiger partial charge in [0.15, 0.2) is 11.5 Å². The lowest BCUT2D eigenvalue weighted by Crippen LogP contribution is -2.14. The summed E-state index contributed by atoms with van der Waals surface area (Å²) in [7, 11) is 0. The molecule has 1 heterocycles. The topological polar surface area (TPSA) is 90.7 Å². The highest BCUT2D eigenvalue weighted by Gasteiger charge is 2.15. The molecule has 1 aliphatic heterocycles. The minimum atomic E-state index is -0.506. The van der Waals surface area contributed by atoms with Crippen LogP contribution in [0.15, 0.2) is 42.5 Å². The first kappa shape index (κ1) is 13.9. The van der Waals surface area contributed by atoms with Crippen molar-refractivity contribution in [2.45, 2.75) is 6.42 Å². The molecule has 0 radical (unpaired) electrons. The number of rotatable bonds is 4. The van der Waals surface area contributed by atoms with Gasteiger partial charge in [-0.15, -0.1) is 0 Å². The van der Waals surface area contributed by atoms with Crippen LogP contribution in [-0.4, -0.2) is 17.6 Å². The summed E-state index contributed by atoms with van der Waals surface area (Å²) in [6.07, 6.45) is 0.138. The molecule has 0 fully saturated rings. The number of carbonyl (C=O) groups excluding carboxylic acids is 1. The quantitative estimate of drug-likeness (QED) is 0.692. The van der Waals surface area contributed by atoms with E-state index in [1.54, 1.807) is 24.3 Å². The van der Waals surface area contributed by atoms with Gasteiger partial charge in [-0.25, -0.2) is 0 Å². The van der Waals surface area contributed by atoms with E-state index in [0.717, 1.165) is 5.56 Å². The zero-order chi connectivity index (χ0) is 15.5. The lowest BCUT2D eigenvalue weighted by atomic mass is 10.1. The van der Waals surface area contributed by atoms with Gasteiger partial charge in [0.05, 0.1) is 11.3 Å². The monoisotopic (exact) mass is 300 g/mol. The van der Waals surface area contributed by atoms with Gasteiger partial charge in [0.25, 0.3) is 5.69 Å². The van der Waals surface area contributed by atoms with E-state index in [-0.39, 0.29) is 24.8 Å². The summed E-state index contributed by atoms with van der Waals surface area (Å²) in [5, 5.41) is 13.3. The molecule has 2 aromatic carbocycles. The van der Waals surface area contributed by atoms with Gasteiger partial charge >= 0.3 is 0 Å². The van der Waals surface area contributed by atoms with Crippen LogP contribution < -0.4 is 14.8 Å². The van der Waals surface area contributed by atoms with Crippen LogP contribution in [0.2, 0.25) is 0 Å². The highest BCUT2D eigenvalue weighted by atomic mass is 16.7. The molecule has 7 heteroatoms. The molecule has 22 heavy (non-hydrogen) atoms. The summed E-state index contributed by atoms with van der Waals surface area (Å²) in [5.41, 5.74) is 1.09. The number of non-ortho nitro benzene ring substituents is 1. The SMILES string of the molecule is O=C(Cc1ccc2c(c1)OCO2)Nc1cccc([N+](=O)[O-])c1. The highest BCUT2D eigenvalue weighted by molar-refractivity contribution is 5.92. The van der Waals surface area contributed by atoms with Crippen LogP contribution in [0.4, 0.5) is 11.4 Å². The molecule has 1 N–H and O–H groups in total. The van der Waals surface area contributed by atoms with Crippen LogP contribution in [0.25, 0.3) is 0 Å². The van der Waals surface area contributed by atoms with Crippen molar-refractivity contribution in [1.82, 2.24) is 0 Å². The molecule has 112 valence electrons. The fraction of sp³-hybridized carbons (Fsp3) is 0.133. The second-order valence-electron chi connectivity index (χ2n) is 4.72. The number of nitrogens with one attached hydrogen (secondary N) is 1. The normalized spacial score (nSPS) is 12.0. The molecule has 2 aromatic rings. The molecule has 0 saturated carbocycles. The lowest BCUT2D eigenvalue weighted by molar-refractivity contribution is -0.384. The summed E-state index contributed by atoms with van der Waals surface area (Å²) in [6, 6.07) is 11.1. The lowest BCUT2D eigenvalue weighted by Gasteiger charge is -2.06. The third-order valence-electron chi connectivity index (χ3n) is 3.14. The number of benzene rings is 2. The largest absolute Gasteiger partial charge is 0.454 e.